The molecule has 0 spiro atoms. The number of aliphatic hydroxyl groups is 1. The Labute approximate surface area is 160 Å². The smallest absolute Gasteiger partial charge is 0.224 e. The number of halogens is 1. The van der Waals surface area contributed by atoms with E-state index < -0.39 is 6.10 Å². The van der Waals surface area contributed by atoms with Crippen LogP contribution < -0.4 is 5.32 Å². The molecule has 0 aromatic heterocycles. The fourth-order valence-electron chi connectivity index (χ4n) is 3.57. The van der Waals surface area contributed by atoms with E-state index in [1.807, 2.05) is 30.3 Å². The molecule has 0 radical (unpaired) electrons. The number of anilines is 1. The maximum Gasteiger partial charge on any atom is 0.224 e. The zero-order valence-electron chi connectivity index (χ0n) is 15.5. The summed E-state index contributed by atoms with van der Waals surface area (Å²) >= 11 is 0. The van der Waals surface area contributed by atoms with Gasteiger partial charge < -0.3 is 15.3 Å². The van der Waals surface area contributed by atoms with Crippen molar-refractivity contribution in [2.24, 2.45) is 5.92 Å². The molecule has 1 saturated heterocycles. The predicted molar refractivity (Wildman–Crippen MR) is 105 cm³/mol. The van der Waals surface area contributed by atoms with Gasteiger partial charge in [0.25, 0.3) is 0 Å². The van der Waals surface area contributed by atoms with Crippen LogP contribution in [0.4, 0.5) is 10.1 Å². The van der Waals surface area contributed by atoms with Gasteiger partial charge in [-0.25, -0.2) is 4.39 Å². The molecule has 2 aromatic rings. The number of hydrogen-bond acceptors (Lipinski definition) is 3. The topological polar surface area (TPSA) is 52.6 Å². The third kappa shape index (κ3) is 6.15. The lowest BCUT2D eigenvalue weighted by atomic mass is 9.93. The van der Waals surface area contributed by atoms with Gasteiger partial charge in [-0.3, -0.25) is 4.79 Å². The van der Waals surface area contributed by atoms with E-state index in [0.717, 1.165) is 44.5 Å². The number of likely N-dealkylation sites (tertiary alicyclic amines) is 1. The molecule has 1 atom stereocenters. The molecule has 27 heavy (non-hydrogen) atoms. The Kier molecular flexibility index (Phi) is 6.96. The molecular formula is C22H27FN2O2. The van der Waals surface area contributed by atoms with Gasteiger partial charge in [0.05, 0.1) is 6.10 Å². The van der Waals surface area contributed by atoms with Gasteiger partial charge in [-0.1, -0.05) is 30.3 Å². The van der Waals surface area contributed by atoms with Crippen LogP contribution in [0.2, 0.25) is 0 Å². The number of piperidine rings is 1. The standard InChI is InChI=1S/C22H27FN2O2/c23-19-6-8-20(9-7-19)24-22(27)16-17-10-13-25(14-11-17)15-12-21(26)18-4-2-1-3-5-18/h1-9,17,21,26H,10-16H2,(H,24,27). The van der Waals surface area contributed by atoms with Crippen molar-refractivity contribution in [2.45, 2.75) is 31.8 Å². The fraction of sp³-hybridized carbons (Fsp3) is 0.409. The van der Waals surface area contributed by atoms with E-state index in [-0.39, 0.29) is 11.7 Å². The first-order chi connectivity index (χ1) is 13.1. The van der Waals surface area contributed by atoms with Crippen LogP contribution in [0, 0.1) is 11.7 Å². The minimum atomic E-state index is -0.426. The third-order valence-corrected chi connectivity index (χ3v) is 5.21. The molecule has 3 rings (SSSR count). The van der Waals surface area contributed by atoms with Crippen molar-refractivity contribution in [3.05, 3.63) is 66.0 Å². The lowest BCUT2D eigenvalue weighted by Crippen LogP contribution is -2.36. The molecule has 1 aliphatic heterocycles. The number of nitrogens with one attached hydrogen (secondary N) is 1. The first-order valence-corrected chi connectivity index (χ1v) is 9.61. The molecule has 144 valence electrons. The summed E-state index contributed by atoms with van der Waals surface area (Å²) in [4.78, 5) is 14.5. The van der Waals surface area contributed by atoms with Crippen molar-refractivity contribution >= 4 is 11.6 Å². The minimum absolute atomic E-state index is 0.0143. The van der Waals surface area contributed by atoms with Crippen LogP contribution in [0.3, 0.4) is 0 Å². The van der Waals surface area contributed by atoms with Gasteiger partial charge in [-0.2, -0.15) is 0 Å². The van der Waals surface area contributed by atoms with Crippen LogP contribution >= 0.6 is 0 Å². The van der Waals surface area contributed by atoms with Crippen LogP contribution in [-0.2, 0) is 4.79 Å². The van der Waals surface area contributed by atoms with Crippen LogP contribution in [0.15, 0.2) is 54.6 Å². The summed E-state index contributed by atoms with van der Waals surface area (Å²) in [5, 5.41) is 13.1. The zero-order chi connectivity index (χ0) is 19.1. The summed E-state index contributed by atoms with van der Waals surface area (Å²) in [5.41, 5.74) is 1.60. The second-order valence-electron chi connectivity index (χ2n) is 7.26. The molecule has 1 fully saturated rings. The van der Waals surface area contributed by atoms with E-state index >= 15 is 0 Å². The molecule has 5 heteroatoms. The van der Waals surface area contributed by atoms with Gasteiger partial charge in [0.15, 0.2) is 0 Å². The Morgan fingerprint density at radius 2 is 1.78 bits per heavy atom. The van der Waals surface area contributed by atoms with Gasteiger partial charge in [0, 0.05) is 18.7 Å². The summed E-state index contributed by atoms with van der Waals surface area (Å²) in [7, 11) is 0. The molecule has 1 aliphatic rings. The Morgan fingerprint density at radius 3 is 2.44 bits per heavy atom. The molecule has 1 unspecified atom stereocenters. The molecular weight excluding hydrogens is 343 g/mol. The van der Waals surface area contributed by atoms with Gasteiger partial charge in [0.2, 0.25) is 5.91 Å². The number of rotatable bonds is 7. The van der Waals surface area contributed by atoms with Crippen molar-refractivity contribution in [2.75, 3.05) is 25.0 Å². The van der Waals surface area contributed by atoms with Crippen LogP contribution in [-0.4, -0.2) is 35.5 Å². The Balaban J connectivity index is 1.36. The maximum absolute atomic E-state index is 12.9. The summed E-state index contributed by atoms with van der Waals surface area (Å²) in [5.74, 6) is 0.0538. The third-order valence-electron chi connectivity index (χ3n) is 5.21. The van der Waals surface area contributed by atoms with E-state index in [1.54, 1.807) is 12.1 Å². The molecule has 0 saturated carbocycles. The molecule has 1 heterocycles. The predicted octanol–water partition coefficient (Wildman–Crippen LogP) is 3.99. The maximum atomic E-state index is 12.9. The summed E-state index contributed by atoms with van der Waals surface area (Å²) < 4.78 is 12.9. The summed E-state index contributed by atoms with van der Waals surface area (Å²) in [6.07, 6.45) is 2.76. The van der Waals surface area contributed by atoms with Gasteiger partial charge in [0.1, 0.15) is 5.82 Å². The van der Waals surface area contributed by atoms with Crippen LogP contribution in [0.25, 0.3) is 0 Å². The van der Waals surface area contributed by atoms with Crippen molar-refractivity contribution < 1.29 is 14.3 Å². The van der Waals surface area contributed by atoms with Gasteiger partial charge in [-0.15, -0.1) is 0 Å². The van der Waals surface area contributed by atoms with E-state index in [9.17, 15) is 14.3 Å². The Hall–Kier alpha value is -2.24. The average Bonchev–Trinajstić information content (AvgIpc) is 2.69. The number of nitrogens with zero attached hydrogens (tertiary/aromatic N) is 1. The quantitative estimate of drug-likeness (QED) is 0.775. The van der Waals surface area contributed by atoms with Crippen molar-refractivity contribution in [3.63, 3.8) is 0 Å². The van der Waals surface area contributed by atoms with E-state index in [4.69, 9.17) is 0 Å². The average molecular weight is 370 g/mol. The van der Waals surface area contributed by atoms with Gasteiger partial charge >= 0.3 is 0 Å². The number of carbonyl (C=O) groups excluding carboxylic acids is 1. The first kappa shape index (κ1) is 19.5. The second kappa shape index (κ2) is 9.62. The fourth-order valence-corrected chi connectivity index (χ4v) is 3.57. The molecule has 2 N–H and O–H groups in total. The van der Waals surface area contributed by atoms with E-state index in [2.05, 4.69) is 10.2 Å². The number of aliphatic hydroxyl groups excluding tert-OH is 1. The van der Waals surface area contributed by atoms with E-state index in [0.29, 0.717) is 18.0 Å². The van der Waals surface area contributed by atoms with Gasteiger partial charge in [-0.05, 0) is 68.1 Å². The van der Waals surface area contributed by atoms with E-state index in [1.165, 1.54) is 12.1 Å². The molecule has 4 nitrogen and oxygen atoms in total. The highest BCUT2D eigenvalue weighted by Gasteiger charge is 2.22. The monoisotopic (exact) mass is 370 g/mol. The largest absolute Gasteiger partial charge is 0.388 e. The second-order valence-corrected chi connectivity index (χ2v) is 7.26. The highest BCUT2D eigenvalue weighted by molar-refractivity contribution is 5.90. The van der Waals surface area contributed by atoms with Crippen molar-refractivity contribution in [3.8, 4) is 0 Å². The highest BCUT2D eigenvalue weighted by atomic mass is 19.1. The first-order valence-electron chi connectivity index (χ1n) is 9.61. The summed E-state index contributed by atoms with van der Waals surface area (Å²) in [6.45, 7) is 2.77. The summed E-state index contributed by atoms with van der Waals surface area (Å²) in [6, 6.07) is 15.6. The number of hydrogen-bond donors (Lipinski definition) is 2. The number of carbonyl (C=O) groups is 1. The normalized spacial score (nSPS) is 16.8. The SMILES string of the molecule is O=C(CC1CCN(CCC(O)c2ccccc2)CC1)Nc1ccc(F)cc1. The van der Waals surface area contributed by atoms with Crippen molar-refractivity contribution in [1.29, 1.82) is 0 Å². The van der Waals surface area contributed by atoms with Crippen LogP contribution in [0.5, 0.6) is 0 Å². The number of amides is 1. The molecule has 1 amide bonds. The van der Waals surface area contributed by atoms with Crippen molar-refractivity contribution in [1.82, 2.24) is 4.90 Å². The lowest BCUT2D eigenvalue weighted by Gasteiger charge is -2.32. The minimum Gasteiger partial charge on any atom is -0.388 e. The zero-order valence-corrected chi connectivity index (χ0v) is 15.5. The lowest BCUT2D eigenvalue weighted by molar-refractivity contribution is -0.117. The Morgan fingerprint density at radius 1 is 1.11 bits per heavy atom. The molecule has 0 aliphatic carbocycles. The molecule has 0 bridgehead atoms. The van der Waals surface area contributed by atoms with Crippen LogP contribution in [0.1, 0.15) is 37.4 Å². The Bertz CT molecular complexity index is 713. The number of benzene rings is 2. The highest BCUT2D eigenvalue weighted by Crippen LogP contribution is 2.23. The molecule has 2 aromatic carbocycles.